The number of halogens is 2. The molecule has 15 heavy (non-hydrogen) atoms. The van der Waals surface area contributed by atoms with Gasteiger partial charge in [-0.2, -0.15) is 0 Å². The molecule has 0 bridgehead atoms. The number of hydrogen-bond acceptors (Lipinski definition) is 2. The Morgan fingerprint density at radius 3 is 2.20 bits per heavy atom. The highest BCUT2D eigenvalue weighted by atomic mass is 19.3. The molecule has 0 N–H and O–H groups in total. The van der Waals surface area contributed by atoms with Crippen molar-refractivity contribution in [2.75, 3.05) is 33.2 Å². The van der Waals surface area contributed by atoms with Gasteiger partial charge in [-0.3, -0.25) is 4.90 Å². The minimum absolute atomic E-state index is 0.0705. The monoisotopic (exact) mass is 218 g/mol. The summed E-state index contributed by atoms with van der Waals surface area (Å²) in [7, 11) is 1.78. The van der Waals surface area contributed by atoms with E-state index in [1.54, 1.807) is 11.9 Å². The van der Waals surface area contributed by atoms with Crippen LogP contribution in [0.15, 0.2) is 0 Å². The van der Waals surface area contributed by atoms with Crippen LogP contribution in [0, 0.1) is 5.41 Å². The van der Waals surface area contributed by atoms with Crippen LogP contribution in [0.3, 0.4) is 0 Å². The highest BCUT2D eigenvalue weighted by Gasteiger charge is 2.62. The van der Waals surface area contributed by atoms with Gasteiger partial charge in [-0.05, 0) is 33.9 Å². The maximum Gasteiger partial charge on any atom is 0.268 e. The SMILES string of the molecule is CC(C)N1CC2(CCN(C)CC2(F)F)C1. The number of piperidine rings is 1. The van der Waals surface area contributed by atoms with Gasteiger partial charge in [0.15, 0.2) is 0 Å². The summed E-state index contributed by atoms with van der Waals surface area (Å²) in [5.74, 6) is -2.51. The zero-order chi connectivity index (χ0) is 11.3. The van der Waals surface area contributed by atoms with Crippen molar-refractivity contribution in [1.29, 1.82) is 0 Å². The van der Waals surface area contributed by atoms with Crippen molar-refractivity contribution in [3.63, 3.8) is 0 Å². The summed E-state index contributed by atoms with van der Waals surface area (Å²) < 4.78 is 27.8. The Balaban J connectivity index is 2.04. The number of nitrogens with zero attached hydrogens (tertiary/aromatic N) is 2. The third kappa shape index (κ3) is 1.68. The summed E-state index contributed by atoms with van der Waals surface area (Å²) in [5, 5.41) is 0. The molecule has 0 saturated carbocycles. The Hall–Kier alpha value is -0.220. The van der Waals surface area contributed by atoms with E-state index < -0.39 is 11.3 Å². The van der Waals surface area contributed by atoms with Gasteiger partial charge < -0.3 is 4.90 Å². The van der Waals surface area contributed by atoms with Gasteiger partial charge in [0.1, 0.15) is 0 Å². The number of rotatable bonds is 1. The van der Waals surface area contributed by atoms with Crippen molar-refractivity contribution >= 4 is 0 Å². The molecule has 0 aromatic carbocycles. The molecule has 2 aliphatic heterocycles. The molecule has 2 saturated heterocycles. The lowest BCUT2D eigenvalue weighted by molar-refractivity contribution is -0.226. The summed E-state index contributed by atoms with van der Waals surface area (Å²) in [6.45, 7) is 6.03. The van der Waals surface area contributed by atoms with Gasteiger partial charge in [0, 0.05) is 19.1 Å². The molecule has 0 aromatic heterocycles. The van der Waals surface area contributed by atoms with E-state index in [0.29, 0.717) is 25.6 Å². The molecule has 0 aliphatic carbocycles. The largest absolute Gasteiger partial charge is 0.301 e. The summed E-state index contributed by atoms with van der Waals surface area (Å²) in [6, 6.07) is 0.395. The minimum Gasteiger partial charge on any atom is -0.301 e. The quantitative estimate of drug-likeness (QED) is 0.660. The molecular formula is C11H20F2N2. The first-order valence-electron chi connectivity index (χ1n) is 5.67. The molecule has 2 fully saturated rings. The average Bonchev–Trinajstić information content (AvgIpc) is 1.97. The molecule has 4 heteroatoms. The van der Waals surface area contributed by atoms with E-state index in [4.69, 9.17) is 0 Å². The van der Waals surface area contributed by atoms with Crippen molar-refractivity contribution in [2.24, 2.45) is 5.41 Å². The highest BCUT2D eigenvalue weighted by molar-refractivity contribution is 5.07. The highest BCUT2D eigenvalue weighted by Crippen LogP contribution is 2.50. The topological polar surface area (TPSA) is 6.48 Å². The first-order chi connectivity index (χ1) is 6.86. The van der Waals surface area contributed by atoms with Crippen LogP contribution < -0.4 is 0 Å². The standard InChI is InChI=1S/C11H20F2N2/c1-9(2)15-6-10(7-15)4-5-14(3)8-11(10,12)13/h9H,4-8H2,1-3H3. The molecule has 0 unspecified atom stereocenters. The van der Waals surface area contributed by atoms with Crippen molar-refractivity contribution in [2.45, 2.75) is 32.2 Å². The third-order valence-corrected chi connectivity index (χ3v) is 3.96. The van der Waals surface area contributed by atoms with E-state index in [-0.39, 0.29) is 6.54 Å². The van der Waals surface area contributed by atoms with Crippen LogP contribution in [-0.2, 0) is 0 Å². The molecule has 0 aromatic rings. The Morgan fingerprint density at radius 2 is 1.73 bits per heavy atom. The molecule has 2 nitrogen and oxygen atoms in total. The van der Waals surface area contributed by atoms with Crippen LogP contribution in [0.1, 0.15) is 20.3 Å². The van der Waals surface area contributed by atoms with Gasteiger partial charge in [-0.25, -0.2) is 8.78 Å². The lowest BCUT2D eigenvalue weighted by Crippen LogP contribution is -2.70. The minimum atomic E-state index is -2.51. The maximum absolute atomic E-state index is 13.9. The second-order valence-electron chi connectivity index (χ2n) is 5.47. The van der Waals surface area contributed by atoms with Gasteiger partial charge in [0.2, 0.25) is 0 Å². The van der Waals surface area contributed by atoms with Crippen LogP contribution in [0.5, 0.6) is 0 Å². The molecule has 0 atom stereocenters. The van der Waals surface area contributed by atoms with Crippen molar-refractivity contribution in [3.8, 4) is 0 Å². The lowest BCUT2D eigenvalue weighted by atomic mass is 9.68. The van der Waals surface area contributed by atoms with Crippen LogP contribution in [0.2, 0.25) is 0 Å². The van der Waals surface area contributed by atoms with Crippen molar-refractivity contribution in [1.82, 2.24) is 9.80 Å². The Kier molecular flexibility index (Phi) is 2.54. The van der Waals surface area contributed by atoms with E-state index in [0.717, 1.165) is 6.54 Å². The van der Waals surface area contributed by atoms with Gasteiger partial charge >= 0.3 is 0 Å². The predicted molar refractivity (Wildman–Crippen MR) is 56.2 cm³/mol. The van der Waals surface area contributed by atoms with Gasteiger partial charge in [-0.1, -0.05) is 0 Å². The molecule has 2 aliphatic rings. The van der Waals surface area contributed by atoms with Gasteiger partial charge in [0.05, 0.1) is 12.0 Å². The fourth-order valence-electron chi connectivity index (χ4n) is 2.66. The fraction of sp³-hybridized carbons (Fsp3) is 1.00. The van der Waals surface area contributed by atoms with Crippen molar-refractivity contribution in [3.05, 3.63) is 0 Å². The predicted octanol–water partition coefficient (Wildman–Crippen LogP) is 1.67. The fourth-order valence-corrected chi connectivity index (χ4v) is 2.66. The molecule has 2 heterocycles. The molecule has 1 spiro atoms. The summed E-state index contributed by atoms with van der Waals surface area (Å²) in [6.07, 6.45) is 0.639. The van der Waals surface area contributed by atoms with Crippen LogP contribution in [0.4, 0.5) is 8.78 Å². The Labute approximate surface area is 90.2 Å². The summed E-state index contributed by atoms with van der Waals surface area (Å²) in [5.41, 5.74) is -0.718. The molecule has 2 rings (SSSR count). The van der Waals surface area contributed by atoms with E-state index in [1.165, 1.54) is 0 Å². The van der Waals surface area contributed by atoms with E-state index in [2.05, 4.69) is 18.7 Å². The second kappa shape index (κ2) is 3.39. The maximum atomic E-state index is 13.9. The number of alkyl halides is 2. The lowest BCUT2D eigenvalue weighted by Gasteiger charge is -2.58. The van der Waals surface area contributed by atoms with Gasteiger partial charge in [0.25, 0.3) is 5.92 Å². The Morgan fingerprint density at radius 1 is 1.13 bits per heavy atom. The smallest absolute Gasteiger partial charge is 0.268 e. The molecule has 0 radical (unpaired) electrons. The van der Waals surface area contributed by atoms with E-state index in [9.17, 15) is 8.78 Å². The van der Waals surface area contributed by atoms with E-state index >= 15 is 0 Å². The zero-order valence-electron chi connectivity index (χ0n) is 9.76. The first-order valence-corrected chi connectivity index (χ1v) is 5.67. The molecule has 0 amide bonds. The third-order valence-electron chi connectivity index (χ3n) is 3.96. The summed E-state index contributed by atoms with van der Waals surface area (Å²) in [4.78, 5) is 3.88. The first kappa shape index (κ1) is 11.3. The van der Waals surface area contributed by atoms with Crippen LogP contribution >= 0.6 is 0 Å². The molecular weight excluding hydrogens is 198 g/mol. The number of hydrogen-bond donors (Lipinski definition) is 0. The van der Waals surface area contributed by atoms with Crippen LogP contribution in [-0.4, -0.2) is 55.0 Å². The molecule has 88 valence electrons. The van der Waals surface area contributed by atoms with Crippen molar-refractivity contribution < 1.29 is 8.78 Å². The van der Waals surface area contributed by atoms with Crippen LogP contribution in [0.25, 0.3) is 0 Å². The zero-order valence-corrected chi connectivity index (χ0v) is 9.76. The number of likely N-dealkylation sites (tertiary alicyclic amines) is 2. The van der Waals surface area contributed by atoms with Gasteiger partial charge in [-0.15, -0.1) is 0 Å². The normalized spacial score (nSPS) is 30.8. The van der Waals surface area contributed by atoms with E-state index in [1.807, 2.05) is 0 Å². The second-order valence-corrected chi connectivity index (χ2v) is 5.47. The average molecular weight is 218 g/mol. The summed E-state index contributed by atoms with van der Waals surface area (Å²) >= 11 is 0. The Bertz CT molecular complexity index is 247.